The molecule has 0 aliphatic carbocycles. The first-order valence-corrected chi connectivity index (χ1v) is 7.41. The van der Waals surface area contributed by atoms with Gasteiger partial charge >= 0.3 is 0 Å². The van der Waals surface area contributed by atoms with Gasteiger partial charge in [-0.2, -0.15) is 5.10 Å². The molecule has 0 amide bonds. The number of aromatic nitrogens is 2. The molecule has 0 radical (unpaired) electrons. The monoisotopic (exact) mass is 353 g/mol. The van der Waals surface area contributed by atoms with E-state index >= 15 is 0 Å². The van der Waals surface area contributed by atoms with Gasteiger partial charge < -0.3 is 10.5 Å². The van der Waals surface area contributed by atoms with Crippen molar-refractivity contribution in [1.82, 2.24) is 9.78 Å². The summed E-state index contributed by atoms with van der Waals surface area (Å²) >= 11 is 8.42. The van der Waals surface area contributed by atoms with E-state index in [2.05, 4.69) is 21.0 Å². The first-order valence-electron chi connectivity index (χ1n) is 6.21. The number of benzene rings is 1. The number of hydrogen-bond acceptors (Lipinski definition) is 3. The Kier molecular flexibility index (Phi) is 4.77. The number of ether oxygens (including phenoxy) is 1. The third kappa shape index (κ3) is 3.37. The van der Waals surface area contributed by atoms with Crippen LogP contribution >= 0.6 is 28.1 Å². The van der Waals surface area contributed by atoms with E-state index in [4.69, 9.17) is 22.7 Å². The second kappa shape index (κ2) is 6.37. The minimum atomic E-state index is 0.393. The van der Waals surface area contributed by atoms with Gasteiger partial charge in [-0.15, -0.1) is 0 Å². The molecule has 1 aromatic heterocycles. The average Bonchev–Trinajstić information content (AvgIpc) is 2.67. The normalized spacial score (nSPS) is 10.6. The first-order chi connectivity index (χ1) is 9.49. The maximum Gasteiger partial charge on any atom is 0.119 e. The molecule has 20 heavy (non-hydrogen) atoms. The molecule has 2 rings (SSSR count). The number of nitrogens with two attached hydrogens (primary N) is 1. The number of hydrogen-bond donors (Lipinski definition) is 1. The van der Waals surface area contributed by atoms with E-state index in [0.29, 0.717) is 18.1 Å². The van der Waals surface area contributed by atoms with Gasteiger partial charge in [0, 0.05) is 11.3 Å². The minimum absolute atomic E-state index is 0.393. The Morgan fingerprint density at radius 2 is 2.00 bits per heavy atom. The van der Waals surface area contributed by atoms with E-state index in [0.717, 1.165) is 27.2 Å². The molecule has 0 atom stereocenters. The topological polar surface area (TPSA) is 53.1 Å². The Balaban J connectivity index is 1.92. The number of thiocarbonyl (C=S) groups is 1. The second-order valence-corrected chi connectivity index (χ2v) is 5.68. The number of nitrogens with zero attached hydrogens (tertiary/aromatic N) is 2. The zero-order valence-corrected chi connectivity index (χ0v) is 13.8. The first kappa shape index (κ1) is 15.0. The van der Waals surface area contributed by atoms with E-state index in [1.807, 2.05) is 42.8 Å². The molecule has 1 heterocycles. The van der Waals surface area contributed by atoms with Gasteiger partial charge in [0.25, 0.3) is 0 Å². The lowest BCUT2D eigenvalue weighted by molar-refractivity contribution is 0.289. The molecule has 0 saturated carbocycles. The molecule has 0 spiro atoms. The van der Waals surface area contributed by atoms with Crippen molar-refractivity contribution in [2.45, 2.75) is 20.4 Å². The molecule has 2 N–H and O–H groups in total. The summed E-state index contributed by atoms with van der Waals surface area (Å²) in [6.07, 6.45) is 0. The Hall–Kier alpha value is -1.40. The predicted octanol–water partition coefficient (Wildman–Crippen LogP) is 2.98. The SMILES string of the molecule is Cc1nn(CCOc2ccc(C(N)=S)cc2)c(C)c1Br. The van der Waals surface area contributed by atoms with Gasteiger partial charge in [-0.25, -0.2) is 0 Å². The van der Waals surface area contributed by atoms with Crippen LogP contribution in [-0.4, -0.2) is 21.4 Å². The fourth-order valence-corrected chi connectivity index (χ4v) is 2.28. The quantitative estimate of drug-likeness (QED) is 0.839. The van der Waals surface area contributed by atoms with Crippen LogP contribution in [0.2, 0.25) is 0 Å². The summed E-state index contributed by atoms with van der Waals surface area (Å²) in [6.45, 7) is 5.26. The van der Waals surface area contributed by atoms with Crippen LogP contribution in [0.25, 0.3) is 0 Å². The van der Waals surface area contributed by atoms with Crippen molar-refractivity contribution in [2.75, 3.05) is 6.61 Å². The molecule has 0 unspecified atom stereocenters. The summed E-state index contributed by atoms with van der Waals surface area (Å²) in [7, 11) is 0. The molecule has 1 aromatic carbocycles. The lowest BCUT2D eigenvalue weighted by atomic mass is 10.2. The van der Waals surface area contributed by atoms with Crippen molar-refractivity contribution < 1.29 is 4.74 Å². The zero-order chi connectivity index (χ0) is 14.7. The molecule has 6 heteroatoms. The van der Waals surface area contributed by atoms with Gasteiger partial charge in [-0.05, 0) is 54.0 Å². The van der Waals surface area contributed by atoms with Gasteiger partial charge in [-0.1, -0.05) is 12.2 Å². The minimum Gasteiger partial charge on any atom is -0.492 e. The largest absolute Gasteiger partial charge is 0.492 e. The van der Waals surface area contributed by atoms with E-state index in [1.165, 1.54) is 0 Å². The summed E-state index contributed by atoms with van der Waals surface area (Å²) in [5.74, 6) is 0.797. The summed E-state index contributed by atoms with van der Waals surface area (Å²) in [5.41, 5.74) is 8.49. The Labute approximate surface area is 132 Å². The number of halogens is 1. The van der Waals surface area contributed by atoms with E-state index in [9.17, 15) is 0 Å². The highest BCUT2D eigenvalue weighted by atomic mass is 79.9. The Bertz CT molecular complexity index is 622. The maximum absolute atomic E-state index is 5.69. The highest BCUT2D eigenvalue weighted by molar-refractivity contribution is 9.10. The standard InChI is InChI=1S/C14H16BrN3OS/c1-9-13(15)10(2)18(17-9)7-8-19-12-5-3-11(4-6-12)14(16)20/h3-6H,7-8H2,1-2H3,(H2,16,20). The molecule has 0 aliphatic rings. The van der Waals surface area contributed by atoms with Crippen molar-refractivity contribution in [2.24, 2.45) is 5.73 Å². The van der Waals surface area contributed by atoms with Crippen molar-refractivity contribution in [3.05, 3.63) is 45.7 Å². The van der Waals surface area contributed by atoms with Crippen LogP contribution in [0.3, 0.4) is 0 Å². The van der Waals surface area contributed by atoms with E-state index < -0.39 is 0 Å². The van der Waals surface area contributed by atoms with Crippen LogP contribution in [-0.2, 0) is 6.54 Å². The van der Waals surface area contributed by atoms with Crippen molar-refractivity contribution >= 4 is 33.1 Å². The van der Waals surface area contributed by atoms with Crippen molar-refractivity contribution in [3.8, 4) is 5.75 Å². The average molecular weight is 354 g/mol. The molecule has 106 valence electrons. The lowest BCUT2D eigenvalue weighted by Gasteiger charge is -2.08. The molecule has 0 saturated heterocycles. The highest BCUT2D eigenvalue weighted by Gasteiger charge is 2.08. The van der Waals surface area contributed by atoms with Crippen LogP contribution in [0.1, 0.15) is 17.0 Å². The number of aryl methyl sites for hydroxylation is 1. The summed E-state index contributed by atoms with van der Waals surface area (Å²) in [5, 5.41) is 4.43. The summed E-state index contributed by atoms with van der Waals surface area (Å²) < 4.78 is 8.68. The van der Waals surface area contributed by atoms with Crippen LogP contribution in [0.4, 0.5) is 0 Å². The van der Waals surface area contributed by atoms with Gasteiger partial charge in [0.1, 0.15) is 17.3 Å². The zero-order valence-electron chi connectivity index (χ0n) is 11.4. The molecule has 0 fully saturated rings. The summed E-state index contributed by atoms with van der Waals surface area (Å²) in [4.78, 5) is 0.393. The summed E-state index contributed by atoms with van der Waals surface area (Å²) in [6, 6.07) is 7.45. The van der Waals surface area contributed by atoms with E-state index in [-0.39, 0.29) is 0 Å². The smallest absolute Gasteiger partial charge is 0.119 e. The lowest BCUT2D eigenvalue weighted by Crippen LogP contribution is -2.11. The van der Waals surface area contributed by atoms with Crippen molar-refractivity contribution in [3.63, 3.8) is 0 Å². The van der Waals surface area contributed by atoms with Gasteiger partial charge in [0.15, 0.2) is 0 Å². The molecule has 4 nitrogen and oxygen atoms in total. The predicted molar refractivity (Wildman–Crippen MR) is 87.2 cm³/mol. The van der Waals surface area contributed by atoms with Gasteiger partial charge in [0.05, 0.1) is 16.7 Å². The molecular formula is C14H16BrN3OS. The number of rotatable bonds is 5. The van der Waals surface area contributed by atoms with Crippen molar-refractivity contribution in [1.29, 1.82) is 0 Å². The fourth-order valence-electron chi connectivity index (χ4n) is 1.86. The van der Waals surface area contributed by atoms with Crippen LogP contribution in [0.5, 0.6) is 5.75 Å². The Morgan fingerprint density at radius 3 is 2.50 bits per heavy atom. The highest BCUT2D eigenvalue weighted by Crippen LogP contribution is 2.19. The molecule has 0 bridgehead atoms. The van der Waals surface area contributed by atoms with Crippen LogP contribution < -0.4 is 10.5 Å². The van der Waals surface area contributed by atoms with E-state index in [1.54, 1.807) is 0 Å². The molecular weight excluding hydrogens is 338 g/mol. The fraction of sp³-hybridized carbons (Fsp3) is 0.286. The maximum atomic E-state index is 5.69. The van der Waals surface area contributed by atoms with Gasteiger partial charge in [-0.3, -0.25) is 4.68 Å². The van der Waals surface area contributed by atoms with Crippen LogP contribution in [0.15, 0.2) is 28.7 Å². The van der Waals surface area contributed by atoms with Crippen LogP contribution in [0, 0.1) is 13.8 Å². The molecule has 2 aromatic rings. The Morgan fingerprint density at radius 1 is 1.35 bits per heavy atom. The third-order valence-electron chi connectivity index (χ3n) is 3.00. The van der Waals surface area contributed by atoms with Gasteiger partial charge in [0.2, 0.25) is 0 Å². The second-order valence-electron chi connectivity index (χ2n) is 4.45. The molecule has 0 aliphatic heterocycles. The third-order valence-corrected chi connectivity index (χ3v) is 4.39.